The summed E-state index contributed by atoms with van der Waals surface area (Å²) in [6.45, 7) is 3.92. The van der Waals surface area contributed by atoms with Crippen molar-refractivity contribution in [1.82, 2.24) is 9.78 Å². The lowest BCUT2D eigenvalue weighted by Gasteiger charge is -2.24. The predicted molar refractivity (Wildman–Crippen MR) is 113 cm³/mol. The molecule has 0 atom stereocenters. The zero-order valence-electron chi connectivity index (χ0n) is 17.0. The van der Waals surface area contributed by atoms with Gasteiger partial charge in [-0.2, -0.15) is 5.10 Å². The highest BCUT2D eigenvalue weighted by Gasteiger charge is 2.31. The molecule has 2 heterocycles. The Morgan fingerprint density at radius 2 is 1.79 bits per heavy atom. The van der Waals surface area contributed by atoms with E-state index in [1.807, 2.05) is 81.5 Å². The van der Waals surface area contributed by atoms with Crippen molar-refractivity contribution in [3.63, 3.8) is 0 Å². The van der Waals surface area contributed by atoms with Crippen molar-refractivity contribution in [2.75, 3.05) is 31.1 Å². The third-order valence-corrected chi connectivity index (χ3v) is 5.06. The van der Waals surface area contributed by atoms with Crippen LogP contribution in [0.25, 0.3) is 11.1 Å². The molecule has 1 amide bonds. The summed E-state index contributed by atoms with van der Waals surface area (Å²) in [4.78, 5) is 14.9. The molecule has 3 aromatic rings. The number of benzene rings is 2. The summed E-state index contributed by atoms with van der Waals surface area (Å²) in [5.74, 6) is 1.31. The lowest BCUT2D eigenvalue weighted by atomic mass is 10.0. The summed E-state index contributed by atoms with van der Waals surface area (Å²) in [7, 11) is 3.96. The molecule has 150 valence electrons. The minimum Gasteiger partial charge on any atom is -0.454 e. The van der Waals surface area contributed by atoms with Crippen LogP contribution in [0, 0.1) is 0 Å². The minimum atomic E-state index is -0.866. The highest BCUT2D eigenvalue weighted by atomic mass is 16.7. The van der Waals surface area contributed by atoms with E-state index in [4.69, 9.17) is 9.47 Å². The zero-order valence-corrected chi connectivity index (χ0v) is 17.0. The first-order valence-electron chi connectivity index (χ1n) is 9.38. The zero-order chi connectivity index (χ0) is 20.6. The van der Waals surface area contributed by atoms with E-state index in [0.29, 0.717) is 5.75 Å². The average molecular weight is 392 g/mol. The van der Waals surface area contributed by atoms with E-state index in [2.05, 4.69) is 10.4 Å². The first kappa shape index (κ1) is 18.9. The first-order valence-corrected chi connectivity index (χ1v) is 9.38. The molecule has 0 bridgehead atoms. The van der Waals surface area contributed by atoms with Gasteiger partial charge in [0, 0.05) is 37.2 Å². The molecule has 0 unspecified atom stereocenters. The molecule has 0 aliphatic carbocycles. The van der Waals surface area contributed by atoms with Gasteiger partial charge in [0.15, 0.2) is 11.5 Å². The second kappa shape index (κ2) is 7.16. The second-order valence-corrected chi connectivity index (χ2v) is 7.70. The van der Waals surface area contributed by atoms with Crippen molar-refractivity contribution >= 4 is 17.3 Å². The number of rotatable bonds is 5. The molecule has 0 spiro atoms. The lowest BCUT2D eigenvalue weighted by molar-refractivity contribution is -0.123. The summed E-state index contributed by atoms with van der Waals surface area (Å²) < 4.78 is 12.5. The van der Waals surface area contributed by atoms with Crippen LogP contribution in [0.1, 0.15) is 13.8 Å². The van der Waals surface area contributed by atoms with Gasteiger partial charge in [-0.15, -0.1) is 0 Å². The summed E-state index contributed by atoms with van der Waals surface area (Å²) in [6, 6.07) is 13.5. The quantitative estimate of drug-likeness (QED) is 0.717. The van der Waals surface area contributed by atoms with Crippen molar-refractivity contribution in [3.05, 3.63) is 54.9 Å². The van der Waals surface area contributed by atoms with Crippen molar-refractivity contribution in [2.24, 2.45) is 0 Å². The number of ether oxygens (including phenoxy) is 2. The largest absolute Gasteiger partial charge is 0.454 e. The van der Waals surface area contributed by atoms with E-state index in [1.54, 1.807) is 10.9 Å². The maximum atomic E-state index is 12.9. The second-order valence-electron chi connectivity index (χ2n) is 7.70. The van der Waals surface area contributed by atoms with Gasteiger partial charge < -0.3 is 19.7 Å². The fourth-order valence-electron chi connectivity index (χ4n) is 3.08. The van der Waals surface area contributed by atoms with E-state index in [9.17, 15) is 4.79 Å². The van der Waals surface area contributed by atoms with Crippen LogP contribution in [0.4, 0.5) is 11.4 Å². The summed E-state index contributed by atoms with van der Waals surface area (Å²) >= 11 is 0. The molecular weight excluding hydrogens is 368 g/mol. The fraction of sp³-hybridized carbons (Fsp3) is 0.273. The average Bonchev–Trinajstić information content (AvgIpc) is 3.37. The van der Waals surface area contributed by atoms with Gasteiger partial charge in [-0.1, -0.05) is 6.07 Å². The van der Waals surface area contributed by atoms with E-state index in [1.165, 1.54) is 0 Å². The van der Waals surface area contributed by atoms with Crippen LogP contribution in [0.15, 0.2) is 54.9 Å². The molecule has 0 saturated heterocycles. The topological polar surface area (TPSA) is 68.6 Å². The van der Waals surface area contributed by atoms with Crippen LogP contribution in [-0.2, 0) is 10.3 Å². The Balaban J connectivity index is 1.52. The molecule has 7 nitrogen and oxygen atoms in total. The molecule has 0 saturated carbocycles. The highest BCUT2D eigenvalue weighted by Crippen LogP contribution is 2.36. The fourth-order valence-corrected chi connectivity index (χ4v) is 3.08. The van der Waals surface area contributed by atoms with Gasteiger partial charge in [-0.05, 0) is 55.8 Å². The molecule has 1 N–H and O–H groups in total. The number of hydrogen-bond donors (Lipinski definition) is 1. The van der Waals surface area contributed by atoms with E-state index in [-0.39, 0.29) is 12.7 Å². The van der Waals surface area contributed by atoms with Gasteiger partial charge in [0.25, 0.3) is 5.91 Å². The summed E-state index contributed by atoms with van der Waals surface area (Å²) in [5, 5.41) is 7.41. The third kappa shape index (κ3) is 3.63. The smallest absolute Gasteiger partial charge is 0.251 e. The summed E-state index contributed by atoms with van der Waals surface area (Å²) in [5.41, 5.74) is 2.81. The van der Waals surface area contributed by atoms with Crippen LogP contribution in [-0.4, -0.2) is 36.6 Å². The maximum Gasteiger partial charge on any atom is 0.251 e. The van der Waals surface area contributed by atoms with Crippen LogP contribution in [0.5, 0.6) is 11.5 Å². The molecular formula is C22H24N4O3. The van der Waals surface area contributed by atoms with Gasteiger partial charge in [-0.3, -0.25) is 9.48 Å². The van der Waals surface area contributed by atoms with Crippen LogP contribution < -0.4 is 19.7 Å². The third-order valence-electron chi connectivity index (χ3n) is 5.06. The number of aromatic nitrogens is 2. The molecule has 0 radical (unpaired) electrons. The molecule has 1 aliphatic rings. The lowest BCUT2D eigenvalue weighted by Crippen LogP contribution is -2.40. The number of nitrogens with zero attached hydrogens (tertiary/aromatic N) is 3. The van der Waals surface area contributed by atoms with E-state index >= 15 is 0 Å². The SMILES string of the molecule is CN(C)c1ccc(NC(=O)C(C)(C)n2cc(-c3ccc4c(c3)OCO4)cn2)cc1. The van der Waals surface area contributed by atoms with Crippen LogP contribution in [0.2, 0.25) is 0 Å². The Hall–Kier alpha value is -3.48. The standard InChI is InChI=1S/C22H24N4O3/c1-22(2,21(27)24-17-6-8-18(9-7-17)25(3)4)26-13-16(12-23-26)15-5-10-19-20(11-15)29-14-28-19/h5-13H,14H2,1-4H3,(H,24,27). The van der Waals surface area contributed by atoms with Crippen molar-refractivity contribution in [3.8, 4) is 22.6 Å². The normalized spacial score (nSPS) is 12.7. The first-order chi connectivity index (χ1) is 13.8. The summed E-state index contributed by atoms with van der Waals surface area (Å²) in [6.07, 6.45) is 3.62. The molecule has 29 heavy (non-hydrogen) atoms. The van der Waals surface area contributed by atoms with Crippen LogP contribution >= 0.6 is 0 Å². The number of amides is 1. The van der Waals surface area contributed by atoms with E-state index < -0.39 is 5.54 Å². The Morgan fingerprint density at radius 3 is 2.52 bits per heavy atom. The Bertz CT molecular complexity index is 1040. The molecule has 0 fully saturated rings. The molecule has 1 aromatic heterocycles. The van der Waals surface area contributed by atoms with Gasteiger partial charge in [0.1, 0.15) is 5.54 Å². The molecule has 2 aromatic carbocycles. The van der Waals surface area contributed by atoms with Gasteiger partial charge in [0.2, 0.25) is 6.79 Å². The highest BCUT2D eigenvalue weighted by molar-refractivity contribution is 5.96. The predicted octanol–water partition coefficient (Wildman–Crippen LogP) is 3.72. The van der Waals surface area contributed by atoms with Crippen molar-refractivity contribution in [2.45, 2.75) is 19.4 Å². The van der Waals surface area contributed by atoms with Gasteiger partial charge in [0.05, 0.1) is 6.20 Å². The van der Waals surface area contributed by atoms with Crippen molar-refractivity contribution < 1.29 is 14.3 Å². The van der Waals surface area contributed by atoms with Crippen molar-refractivity contribution in [1.29, 1.82) is 0 Å². The van der Waals surface area contributed by atoms with Gasteiger partial charge >= 0.3 is 0 Å². The number of fused-ring (bicyclic) bond motifs is 1. The maximum absolute atomic E-state index is 12.9. The van der Waals surface area contributed by atoms with Gasteiger partial charge in [-0.25, -0.2) is 0 Å². The number of anilines is 2. The molecule has 1 aliphatic heterocycles. The van der Waals surface area contributed by atoms with E-state index in [0.717, 1.165) is 28.3 Å². The Kier molecular flexibility index (Phi) is 4.66. The molecule has 7 heteroatoms. The monoisotopic (exact) mass is 392 g/mol. The minimum absolute atomic E-state index is 0.143. The number of carbonyl (C=O) groups excluding carboxylic acids is 1. The van der Waals surface area contributed by atoms with Crippen LogP contribution in [0.3, 0.4) is 0 Å². The number of nitrogens with one attached hydrogen (secondary N) is 1. The number of hydrogen-bond acceptors (Lipinski definition) is 5. The Labute approximate surface area is 169 Å². The Morgan fingerprint density at radius 1 is 1.07 bits per heavy atom. The number of carbonyl (C=O) groups is 1. The molecule has 4 rings (SSSR count).